The van der Waals surface area contributed by atoms with E-state index < -0.39 is 24.0 Å². The molecular weight excluding hydrogens is 294 g/mol. The smallest absolute Gasteiger partial charge is 0.320 e. The van der Waals surface area contributed by atoms with Gasteiger partial charge in [0.25, 0.3) is 0 Å². The number of carboxylic acid groups (broad SMARTS) is 2. The average Bonchev–Trinajstić information content (AvgIpc) is 2.53. The molecule has 5 nitrogen and oxygen atoms in total. The molecule has 1 aromatic rings. The van der Waals surface area contributed by atoms with Gasteiger partial charge in [0.2, 0.25) is 0 Å². The van der Waals surface area contributed by atoms with Gasteiger partial charge in [-0.1, -0.05) is 62.9 Å². The Morgan fingerprint density at radius 1 is 0.957 bits per heavy atom. The molecule has 5 heteroatoms. The number of unbranched alkanes of at least 4 members (excludes halogenated alkanes) is 3. The maximum atomic E-state index is 11.4. The van der Waals surface area contributed by atoms with Crippen LogP contribution < -0.4 is 5.32 Å². The number of rotatable bonds is 12. The van der Waals surface area contributed by atoms with Crippen LogP contribution in [-0.2, 0) is 16.0 Å². The van der Waals surface area contributed by atoms with E-state index in [1.165, 1.54) is 0 Å². The van der Waals surface area contributed by atoms with Crippen molar-refractivity contribution in [2.75, 3.05) is 0 Å². The fourth-order valence-electron chi connectivity index (χ4n) is 2.53. The number of hydrogen-bond acceptors (Lipinski definition) is 3. The summed E-state index contributed by atoms with van der Waals surface area (Å²) in [5.41, 5.74) is 1.05. The first-order valence-electron chi connectivity index (χ1n) is 8.30. The van der Waals surface area contributed by atoms with Gasteiger partial charge in [-0.05, 0) is 24.8 Å². The van der Waals surface area contributed by atoms with E-state index in [1.807, 2.05) is 30.3 Å². The van der Waals surface area contributed by atoms with Crippen molar-refractivity contribution in [2.45, 2.75) is 64.0 Å². The first-order valence-corrected chi connectivity index (χ1v) is 8.30. The molecule has 0 saturated heterocycles. The van der Waals surface area contributed by atoms with Crippen LogP contribution in [0.1, 0.15) is 51.0 Å². The van der Waals surface area contributed by atoms with Crippen LogP contribution in [0.25, 0.3) is 0 Å². The largest absolute Gasteiger partial charge is 0.480 e. The minimum absolute atomic E-state index is 0.373. The summed E-state index contributed by atoms with van der Waals surface area (Å²) in [7, 11) is 0. The van der Waals surface area contributed by atoms with Crippen molar-refractivity contribution in [3.63, 3.8) is 0 Å². The summed E-state index contributed by atoms with van der Waals surface area (Å²) in [6.45, 7) is 2.09. The van der Waals surface area contributed by atoms with Gasteiger partial charge in [-0.25, -0.2) is 0 Å². The highest BCUT2D eigenvalue weighted by molar-refractivity contribution is 5.77. The van der Waals surface area contributed by atoms with Gasteiger partial charge in [-0.15, -0.1) is 0 Å². The summed E-state index contributed by atoms with van der Waals surface area (Å²) >= 11 is 0. The molecule has 1 rings (SSSR count). The summed E-state index contributed by atoms with van der Waals surface area (Å²) < 4.78 is 0. The second-order valence-electron chi connectivity index (χ2n) is 5.82. The van der Waals surface area contributed by atoms with E-state index >= 15 is 0 Å². The standard InChI is InChI=1S/C18H27NO4/c1-2-3-4-8-11-15(17(20)21)19-16(18(22)23)13-12-14-9-6-5-7-10-14/h5-7,9-10,15-16,19H,2-4,8,11-13H2,1H3,(H,20,21)(H,22,23). The molecule has 0 amide bonds. The Hall–Kier alpha value is -1.88. The molecule has 3 N–H and O–H groups in total. The lowest BCUT2D eigenvalue weighted by atomic mass is 10.0. The Morgan fingerprint density at radius 3 is 2.13 bits per heavy atom. The summed E-state index contributed by atoms with van der Waals surface area (Å²) in [6.07, 6.45) is 5.37. The van der Waals surface area contributed by atoms with Crippen LogP contribution in [0.3, 0.4) is 0 Å². The second-order valence-corrected chi connectivity index (χ2v) is 5.82. The molecule has 0 aliphatic heterocycles. The molecule has 0 heterocycles. The SMILES string of the molecule is CCCCCCC(NC(CCc1ccccc1)C(=O)O)C(=O)O. The minimum Gasteiger partial charge on any atom is -0.480 e. The summed E-state index contributed by atoms with van der Waals surface area (Å²) in [6, 6.07) is 7.97. The predicted octanol–water partition coefficient (Wildman–Crippen LogP) is 3.09. The van der Waals surface area contributed by atoms with Crippen molar-refractivity contribution in [3.05, 3.63) is 35.9 Å². The normalized spacial score (nSPS) is 13.4. The zero-order chi connectivity index (χ0) is 17.1. The number of aliphatic carboxylic acids is 2. The van der Waals surface area contributed by atoms with Gasteiger partial charge >= 0.3 is 11.9 Å². The summed E-state index contributed by atoms with van der Waals surface area (Å²) in [5.74, 6) is -1.98. The molecule has 0 saturated carbocycles. The topological polar surface area (TPSA) is 86.6 Å². The highest BCUT2D eigenvalue weighted by atomic mass is 16.4. The first-order chi connectivity index (χ1) is 11.0. The van der Waals surface area contributed by atoms with Crippen molar-refractivity contribution in [2.24, 2.45) is 0 Å². The third-order valence-corrected chi connectivity index (χ3v) is 3.91. The maximum absolute atomic E-state index is 11.4. The zero-order valence-electron chi connectivity index (χ0n) is 13.7. The quantitative estimate of drug-likeness (QED) is 0.515. The van der Waals surface area contributed by atoms with Gasteiger partial charge in [0, 0.05) is 0 Å². The number of carbonyl (C=O) groups is 2. The van der Waals surface area contributed by atoms with E-state index in [1.54, 1.807) is 0 Å². The molecule has 2 unspecified atom stereocenters. The molecule has 1 aromatic carbocycles. The Morgan fingerprint density at radius 2 is 1.57 bits per heavy atom. The number of benzene rings is 1. The molecule has 0 spiro atoms. The van der Waals surface area contributed by atoms with Crippen molar-refractivity contribution < 1.29 is 19.8 Å². The molecule has 23 heavy (non-hydrogen) atoms. The van der Waals surface area contributed by atoms with E-state index in [2.05, 4.69) is 12.2 Å². The van der Waals surface area contributed by atoms with E-state index in [0.717, 1.165) is 31.2 Å². The highest BCUT2D eigenvalue weighted by Crippen LogP contribution is 2.10. The van der Waals surface area contributed by atoms with E-state index in [0.29, 0.717) is 19.3 Å². The highest BCUT2D eigenvalue weighted by Gasteiger charge is 2.25. The molecule has 0 aromatic heterocycles. The van der Waals surface area contributed by atoms with Crippen LogP contribution in [0.2, 0.25) is 0 Å². The maximum Gasteiger partial charge on any atom is 0.320 e. The van der Waals surface area contributed by atoms with Gasteiger partial charge in [-0.3, -0.25) is 14.9 Å². The molecule has 0 fully saturated rings. The van der Waals surface area contributed by atoms with E-state index in [-0.39, 0.29) is 0 Å². The van der Waals surface area contributed by atoms with Crippen LogP contribution in [-0.4, -0.2) is 34.2 Å². The monoisotopic (exact) mass is 321 g/mol. The van der Waals surface area contributed by atoms with E-state index in [9.17, 15) is 19.8 Å². The molecule has 0 aliphatic carbocycles. The Labute approximate surface area is 137 Å². The molecule has 2 atom stereocenters. The molecule has 0 aliphatic rings. The number of aryl methyl sites for hydroxylation is 1. The number of nitrogens with one attached hydrogen (secondary N) is 1. The van der Waals surface area contributed by atoms with Gasteiger partial charge in [0.1, 0.15) is 12.1 Å². The molecule has 0 bridgehead atoms. The average molecular weight is 321 g/mol. The molecular formula is C18H27NO4. The lowest BCUT2D eigenvalue weighted by Crippen LogP contribution is -2.47. The predicted molar refractivity (Wildman–Crippen MR) is 89.5 cm³/mol. The lowest BCUT2D eigenvalue weighted by molar-refractivity contribution is -0.142. The number of carboxylic acids is 2. The fourth-order valence-corrected chi connectivity index (χ4v) is 2.53. The summed E-state index contributed by atoms with van der Waals surface area (Å²) in [5, 5.41) is 21.4. The Bertz CT molecular complexity index is 475. The van der Waals surface area contributed by atoms with Gasteiger partial charge < -0.3 is 10.2 Å². The van der Waals surface area contributed by atoms with Crippen molar-refractivity contribution in [1.82, 2.24) is 5.32 Å². The van der Waals surface area contributed by atoms with Crippen LogP contribution in [0.5, 0.6) is 0 Å². The van der Waals surface area contributed by atoms with Crippen LogP contribution in [0, 0.1) is 0 Å². The lowest BCUT2D eigenvalue weighted by Gasteiger charge is -2.20. The Balaban J connectivity index is 2.53. The third-order valence-electron chi connectivity index (χ3n) is 3.91. The van der Waals surface area contributed by atoms with Gasteiger partial charge in [0.05, 0.1) is 0 Å². The van der Waals surface area contributed by atoms with Gasteiger partial charge in [-0.2, -0.15) is 0 Å². The summed E-state index contributed by atoms with van der Waals surface area (Å²) in [4.78, 5) is 22.7. The van der Waals surface area contributed by atoms with Crippen molar-refractivity contribution in [3.8, 4) is 0 Å². The van der Waals surface area contributed by atoms with Crippen molar-refractivity contribution in [1.29, 1.82) is 0 Å². The van der Waals surface area contributed by atoms with Crippen LogP contribution in [0.4, 0.5) is 0 Å². The minimum atomic E-state index is -0.999. The van der Waals surface area contributed by atoms with E-state index in [4.69, 9.17) is 0 Å². The molecule has 0 radical (unpaired) electrons. The van der Waals surface area contributed by atoms with Gasteiger partial charge in [0.15, 0.2) is 0 Å². The van der Waals surface area contributed by atoms with Crippen LogP contribution >= 0.6 is 0 Å². The van der Waals surface area contributed by atoms with Crippen molar-refractivity contribution >= 4 is 11.9 Å². The first kappa shape index (κ1) is 19.2. The molecule has 128 valence electrons. The zero-order valence-corrected chi connectivity index (χ0v) is 13.7. The fraction of sp³-hybridized carbons (Fsp3) is 0.556. The van der Waals surface area contributed by atoms with Crippen LogP contribution in [0.15, 0.2) is 30.3 Å². The number of hydrogen-bond donors (Lipinski definition) is 3. The Kier molecular flexibility index (Phi) is 8.98. The second kappa shape index (κ2) is 10.8. The third kappa shape index (κ3) is 7.79.